The number of imidazole rings is 1. The van der Waals surface area contributed by atoms with Gasteiger partial charge >= 0.3 is 7.12 Å². The van der Waals surface area contributed by atoms with Crippen LogP contribution in [0.3, 0.4) is 0 Å². The number of aldehydes is 1. The molecule has 0 aromatic carbocycles. The van der Waals surface area contributed by atoms with Crippen LogP contribution >= 0.6 is 0 Å². The number of carbonyl (C=O) groups excluding carboxylic acids is 1. The average molecular weight is 250 g/mol. The van der Waals surface area contributed by atoms with Crippen molar-refractivity contribution in [3.8, 4) is 0 Å². The Bertz CT molecular complexity index is 478. The second-order valence-electron chi connectivity index (χ2n) is 5.69. The van der Waals surface area contributed by atoms with Crippen LogP contribution in [0.15, 0.2) is 0 Å². The highest BCUT2D eigenvalue weighted by atomic mass is 16.7. The zero-order valence-corrected chi connectivity index (χ0v) is 11.8. The maximum atomic E-state index is 11.2. The van der Waals surface area contributed by atoms with Crippen molar-refractivity contribution in [3.63, 3.8) is 0 Å². The standard InChI is InChI=1S/C12H19BN2O3/c1-8-14-10(9(7-16)15(8)6)13-17-11(2,3)12(4,5)18-13/h7H,1-6H3. The molecule has 1 aliphatic heterocycles. The largest absolute Gasteiger partial charge is 0.516 e. The van der Waals surface area contributed by atoms with Crippen molar-refractivity contribution >= 4 is 19.0 Å². The molecule has 5 nitrogen and oxygen atoms in total. The molecule has 2 rings (SSSR count). The van der Waals surface area contributed by atoms with Crippen molar-refractivity contribution in [2.24, 2.45) is 7.05 Å². The van der Waals surface area contributed by atoms with Crippen molar-refractivity contribution in [3.05, 3.63) is 11.5 Å². The fraction of sp³-hybridized carbons (Fsp3) is 0.667. The van der Waals surface area contributed by atoms with Gasteiger partial charge in [-0.1, -0.05) is 0 Å². The van der Waals surface area contributed by atoms with Gasteiger partial charge in [-0.15, -0.1) is 0 Å². The summed E-state index contributed by atoms with van der Waals surface area (Å²) in [5, 5.41) is 0. The van der Waals surface area contributed by atoms with E-state index in [4.69, 9.17) is 9.31 Å². The molecule has 2 heterocycles. The van der Waals surface area contributed by atoms with Gasteiger partial charge in [-0.3, -0.25) is 4.79 Å². The van der Waals surface area contributed by atoms with Gasteiger partial charge in [0.15, 0.2) is 6.29 Å². The van der Waals surface area contributed by atoms with Crippen molar-refractivity contribution in [1.29, 1.82) is 0 Å². The first-order valence-corrected chi connectivity index (χ1v) is 6.03. The predicted octanol–water partition coefficient (Wildman–Crippen LogP) is 0.840. The molecule has 98 valence electrons. The summed E-state index contributed by atoms with van der Waals surface area (Å²) in [5.74, 6) is 0.766. The molecule has 0 N–H and O–H groups in total. The molecule has 6 heteroatoms. The minimum absolute atomic E-state index is 0.427. The number of hydrogen-bond acceptors (Lipinski definition) is 4. The van der Waals surface area contributed by atoms with Crippen molar-refractivity contribution in [2.45, 2.75) is 45.8 Å². The summed E-state index contributed by atoms with van der Waals surface area (Å²) in [4.78, 5) is 15.5. The van der Waals surface area contributed by atoms with Crippen molar-refractivity contribution in [2.75, 3.05) is 0 Å². The number of nitrogens with zero attached hydrogens (tertiary/aromatic N) is 2. The second-order valence-corrected chi connectivity index (χ2v) is 5.69. The van der Waals surface area contributed by atoms with Gasteiger partial charge in [0.2, 0.25) is 0 Å². The van der Waals surface area contributed by atoms with E-state index in [-0.39, 0.29) is 0 Å². The van der Waals surface area contributed by atoms with E-state index in [0.29, 0.717) is 11.3 Å². The Morgan fingerprint density at radius 3 is 2.17 bits per heavy atom. The lowest BCUT2D eigenvalue weighted by Gasteiger charge is -2.32. The third-order valence-corrected chi connectivity index (χ3v) is 3.98. The number of rotatable bonds is 2. The van der Waals surface area contributed by atoms with Gasteiger partial charge in [-0.25, -0.2) is 4.98 Å². The number of hydrogen-bond donors (Lipinski definition) is 0. The lowest BCUT2D eigenvalue weighted by molar-refractivity contribution is 0.00578. The molecular formula is C12H19BN2O3. The van der Waals surface area contributed by atoms with E-state index in [2.05, 4.69) is 4.98 Å². The predicted molar refractivity (Wildman–Crippen MR) is 69.0 cm³/mol. The molecule has 1 saturated heterocycles. The Hall–Kier alpha value is -1.14. The summed E-state index contributed by atoms with van der Waals surface area (Å²) in [6.45, 7) is 9.75. The smallest absolute Gasteiger partial charge is 0.398 e. The zero-order valence-electron chi connectivity index (χ0n) is 11.8. The third-order valence-electron chi connectivity index (χ3n) is 3.98. The van der Waals surface area contributed by atoms with Gasteiger partial charge < -0.3 is 13.9 Å². The maximum absolute atomic E-state index is 11.2. The molecule has 0 spiro atoms. The van der Waals surface area contributed by atoms with Crippen LogP contribution in [-0.2, 0) is 16.4 Å². The summed E-state index contributed by atoms with van der Waals surface area (Å²) in [6, 6.07) is 0. The minimum Gasteiger partial charge on any atom is -0.398 e. The van der Waals surface area contributed by atoms with E-state index in [9.17, 15) is 4.79 Å². The van der Waals surface area contributed by atoms with Gasteiger partial charge in [-0.05, 0) is 34.6 Å². The van der Waals surface area contributed by atoms with E-state index in [0.717, 1.165) is 12.1 Å². The Morgan fingerprint density at radius 2 is 1.72 bits per heavy atom. The quantitative estimate of drug-likeness (QED) is 0.576. The fourth-order valence-corrected chi connectivity index (χ4v) is 1.92. The molecule has 1 aromatic heterocycles. The van der Waals surface area contributed by atoms with Gasteiger partial charge in [-0.2, -0.15) is 0 Å². The highest BCUT2D eigenvalue weighted by molar-refractivity contribution is 6.62. The molecule has 0 saturated carbocycles. The Morgan fingerprint density at radius 1 is 1.22 bits per heavy atom. The van der Waals surface area contributed by atoms with Crippen LogP contribution in [0, 0.1) is 6.92 Å². The van der Waals surface area contributed by atoms with E-state index in [1.165, 1.54) is 0 Å². The summed E-state index contributed by atoms with van der Waals surface area (Å²) >= 11 is 0. The average Bonchev–Trinajstić information content (AvgIpc) is 2.64. The van der Waals surface area contributed by atoms with E-state index >= 15 is 0 Å². The molecule has 0 amide bonds. The Labute approximate surface area is 108 Å². The number of aryl methyl sites for hydroxylation is 1. The second kappa shape index (κ2) is 3.93. The van der Waals surface area contributed by atoms with Crippen LogP contribution in [0.25, 0.3) is 0 Å². The van der Waals surface area contributed by atoms with Crippen molar-refractivity contribution < 1.29 is 14.1 Å². The van der Waals surface area contributed by atoms with Crippen LogP contribution in [0.4, 0.5) is 0 Å². The molecule has 0 unspecified atom stereocenters. The van der Waals surface area contributed by atoms with Gasteiger partial charge in [0, 0.05) is 7.05 Å². The lowest BCUT2D eigenvalue weighted by Crippen LogP contribution is -2.41. The molecular weight excluding hydrogens is 231 g/mol. The molecule has 1 fully saturated rings. The van der Waals surface area contributed by atoms with Crippen LogP contribution in [0.2, 0.25) is 0 Å². The molecule has 0 bridgehead atoms. The molecule has 1 aliphatic rings. The van der Waals surface area contributed by atoms with Crippen LogP contribution in [0.5, 0.6) is 0 Å². The van der Waals surface area contributed by atoms with E-state index in [1.807, 2.05) is 34.6 Å². The normalized spacial score (nSPS) is 21.3. The molecule has 0 atom stereocenters. The summed E-state index contributed by atoms with van der Waals surface area (Å²) in [6.07, 6.45) is 0.792. The summed E-state index contributed by atoms with van der Waals surface area (Å²) in [5.41, 5.74) is 0.210. The first-order chi connectivity index (χ1) is 8.19. The van der Waals surface area contributed by atoms with Crippen LogP contribution < -0.4 is 5.59 Å². The van der Waals surface area contributed by atoms with E-state index in [1.54, 1.807) is 11.6 Å². The Balaban J connectivity index is 2.41. The monoisotopic (exact) mass is 250 g/mol. The van der Waals surface area contributed by atoms with E-state index < -0.39 is 18.3 Å². The zero-order chi connectivity index (χ0) is 13.7. The highest BCUT2D eigenvalue weighted by Gasteiger charge is 2.53. The maximum Gasteiger partial charge on any atom is 0.516 e. The molecule has 1 aromatic rings. The minimum atomic E-state index is -0.588. The SMILES string of the molecule is Cc1nc(B2OC(C)(C)C(C)(C)O2)c(C=O)n1C. The third kappa shape index (κ3) is 1.80. The first-order valence-electron chi connectivity index (χ1n) is 6.03. The lowest BCUT2D eigenvalue weighted by atomic mass is 9.83. The summed E-state index contributed by atoms with van der Waals surface area (Å²) in [7, 11) is 1.22. The fourth-order valence-electron chi connectivity index (χ4n) is 1.92. The van der Waals surface area contributed by atoms with Crippen LogP contribution in [0.1, 0.15) is 44.0 Å². The molecule has 18 heavy (non-hydrogen) atoms. The van der Waals surface area contributed by atoms with Gasteiger partial charge in [0.1, 0.15) is 17.1 Å². The number of aromatic nitrogens is 2. The Kier molecular flexibility index (Phi) is 2.90. The highest BCUT2D eigenvalue weighted by Crippen LogP contribution is 2.36. The summed E-state index contributed by atoms with van der Waals surface area (Å²) < 4.78 is 13.6. The van der Waals surface area contributed by atoms with Crippen LogP contribution in [-0.4, -0.2) is 34.2 Å². The first kappa shape index (κ1) is 13.3. The van der Waals surface area contributed by atoms with Gasteiger partial charge in [0.05, 0.1) is 11.2 Å². The molecule has 0 radical (unpaired) electrons. The van der Waals surface area contributed by atoms with Crippen molar-refractivity contribution in [1.82, 2.24) is 9.55 Å². The number of carbonyl (C=O) groups is 1. The van der Waals surface area contributed by atoms with Gasteiger partial charge in [0.25, 0.3) is 0 Å². The topological polar surface area (TPSA) is 53.4 Å². The molecule has 0 aliphatic carbocycles.